The van der Waals surface area contributed by atoms with E-state index in [4.69, 9.17) is 0 Å². The molecule has 0 atom stereocenters. The molecule has 24 heavy (non-hydrogen) atoms. The van der Waals surface area contributed by atoms with Gasteiger partial charge in [-0.1, -0.05) is 0 Å². The van der Waals surface area contributed by atoms with Crippen molar-refractivity contribution in [3.8, 4) is 0 Å². The highest BCUT2D eigenvalue weighted by atomic mass is 19.3. The molecule has 1 aliphatic rings. The minimum absolute atomic E-state index is 0.129. The van der Waals surface area contributed by atoms with Gasteiger partial charge < -0.3 is 15.7 Å². The summed E-state index contributed by atoms with van der Waals surface area (Å²) in [6.45, 7) is 5.77. The first-order valence-corrected chi connectivity index (χ1v) is 7.90. The number of aliphatic hydroxyl groups is 1. The zero-order valence-electron chi connectivity index (χ0n) is 13.8. The molecule has 0 amide bonds. The number of nitrogens with one attached hydrogen (secondary N) is 2. The van der Waals surface area contributed by atoms with Crippen molar-refractivity contribution in [2.75, 3.05) is 10.6 Å². The zero-order valence-corrected chi connectivity index (χ0v) is 13.8. The average molecular weight is 337 g/mol. The van der Waals surface area contributed by atoms with Crippen LogP contribution in [0.15, 0.2) is 12.3 Å². The Kier molecular flexibility index (Phi) is 4.25. The summed E-state index contributed by atoms with van der Waals surface area (Å²) in [5.41, 5.74) is -0.163. The molecule has 6 nitrogen and oxygen atoms in total. The second-order valence-corrected chi connectivity index (χ2v) is 7.17. The second-order valence-electron chi connectivity index (χ2n) is 7.17. The van der Waals surface area contributed by atoms with Crippen molar-refractivity contribution in [2.45, 2.75) is 57.7 Å². The summed E-state index contributed by atoms with van der Waals surface area (Å²) in [7, 11) is 0. The molecule has 130 valence electrons. The van der Waals surface area contributed by atoms with E-state index in [0.717, 1.165) is 0 Å². The fourth-order valence-corrected chi connectivity index (χ4v) is 2.57. The van der Waals surface area contributed by atoms with Gasteiger partial charge in [-0.25, -0.2) is 23.7 Å². The molecule has 3 rings (SSSR count). The highest BCUT2D eigenvalue weighted by Gasteiger charge is 2.28. The molecule has 2 aromatic heterocycles. The Morgan fingerprint density at radius 2 is 1.96 bits per heavy atom. The molecule has 0 spiro atoms. The molecule has 0 unspecified atom stereocenters. The molecule has 2 aromatic rings. The number of hydrogen-bond donors (Lipinski definition) is 3. The van der Waals surface area contributed by atoms with Crippen LogP contribution in [0.4, 0.5) is 20.5 Å². The molecule has 0 aromatic carbocycles. The van der Waals surface area contributed by atoms with E-state index in [1.165, 1.54) is 12.3 Å². The minimum atomic E-state index is -2.66. The Bertz CT molecular complexity index is 741. The van der Waals surface area contributed by atoms with Crippen LogP contribution in [0, 0.1) is 0 Å². The third-order valence-corrected chi connectivity index (χ3v) is 3.75. The van der Waals surface area contributed by atoms with Gasteiger partial charge in [0.2, 0.25) is 5.95 Å². The van der Waals surface area contributed by atoms with E-state index in [0.29, 0.717) is 35.5 Å². The van der Waals surface area contributed by atoms with E-state index < -0.39 is 6.43 Å². The first-order valence-electron chi connectivity index (χ1n) is 7.90. The predicted molar refractivity (Wildman–Crippen MR) is 88.3 cm³/mol. The van der Waals surface area contributed by atoms with E-state index in [1.54, 1.807) is 0 Å². The summed E-state index contributed by atoms with van der Waals surface area (Å²) in [5, 5.41) is 16.1. The fraction of sp³-hybridized carbons (Fsp3) is 0.562. The third kappa shape index (κ3) is 3.69. The maximum absolute atomic E-state index is 13.1. The summed E-state index contributed by atoms with van der Waals surface area (Å²) in [5.74, 6) is 0.720. The summed E-state index contributed by atoms with van der Waals surface area (Å²) in [4.78, 5) is 12.7. The van der Waals surface area contributed by atoms with Gasteiger partial charge in [-0.05, 0) is 39.7 Å². The molecule has 8 heteroatoms. The fourth-order valence-electron chi connectivity index (χ4n) is 2.57. The molecular formula is C16H21F2N5O. The lowest BCUT2D eigenvalue weighted by molar-refractivity contribution is 0.0834. The third-order valence-electron chi connectivity index (χ3n) is 3.75. The Morgan fingerprint density at radius 3 is 2.54 bits per heavy atom. The van der Waals surface area contributed by atoms with Crippen LogP contribution in [0.5, 0.6) is 0 Å². The lowest BCUT2D eigenvalue weighted by atomic mass is 9.90. The maximum atomic E-state index is 13.1. The van der Waals surface area contributed by atoms with Crippen LogP contribution in [-0.4, -0.2) is 37.7 Å². The summed E-state index contributed by atoms with van der Waals surface area (Å²) >= 11 is 0. The number of aromatic nitrogens is 3. The molecule has 3 N–H and O–H groups in total. The molecule has 0 bridgehead atoms. The lowest BCUT2D eigenvalue weighted by Crippen LogP contribution is -2.39. The van der Waals surface area contributed by atoms with Crippen molar-refractivity contribution in [1.29, 1.82) is 0 Å². The highest BCUT2D eigenvalue weighted by molar-refractivity contribution is 5.89. The standard InChI is InChI=1S/C16H21F2N5O/c1-16(2,3)23-14-12-8(4-11(21-14)13(17)18)7-19-15(22-12)20-9-5-10(24)6-9/h4,7,9-10,13,24H,5-6H2,1-3H3,(H,21,23)(H,19,20,22). The Labute approximate surface area is 138 Å². The van der Waals surface area contributed by atoms with Crippen LogP contribution in [0.1, 0.15) is 45.7 Å². The van der Waals surface area contributed by atoms with Crippen LogP contribution in [0.25, 0.3) is 10.9 Å². The van der Waals surface area contributed by atoms with Crippen LogP contribution in [0.3, 0.4) is 0 Å². The number of fused-ring (bicyclic) bond motifs is 1. The smallest absolute Gasteiger partial charge is 0.280 e. The van der Waals surface area contributed by atoms with E-state index >= 15 is 0 Å². The monoisotopic (exact) mass is 337 g/mol. The average Bonchev–Trinajstić information content (AvgIpc) is 2.44. The van der Waals surface area contributed by atoms with Gasteiger partial charge in [-0.3, -0.25) is 0 Å². The first kappa shape index (κ1) is 16.8. The Morgan fingerprint density at radius 1 is 1.25 bits per heavy atom. The molecule has 2 heterocycles. The first-order chi connectivity index (χ1) is 11.2. The van der Waals surface area contributed by atoms with Gasteiger partial charge in [0.25, 0.3) is 6.43 Å². The minimum Gasteiger partial charge on any atom is -0.393 e. The van der Waals surface area contributed by atoms with Gasteiger partial charge in [0.15, 0.2) is 5.82 Å². The molecule has 1 saturated carbocycles. The van der Waals surface area contributed by atoms with Crippen molar-refractivity contribution >= 4 is 22.7 Å². The van der Waals surface area contributed by atoms with Gasteiger partial charge in [0.1, 0.15) is 11.2 Å². The number of hydrogen-bond acceptors (Lipinski definition) is 6. The number of alkyl halides is 2. The lowest BCUT2D eigenvalue weighted by Gasteiger charge is -2.31. The van der Waals surface area contributed by atoms with Gasteiger partial charge in [0.05, 0.1) is 6.10 Å². The zero-order chi connectivity index (χ0) is 17.5. The number of halogens is 2. The van der Waals surface area contributed by atoms with E-state index in [1.807, 2.05) is 20.8 Å². The number of pyridine rings is 1. The molecule has 0 radical (unpaired) electrons. The van der Waals surface area contributed by atoms with Crippen LogP contribution < -0.4 is 10.6 Å². The predicted octanol–water partition coefficient (Wildman–Crippen LogP) is 3.11. The van der Waals surface area contributed by atoms with Gasteiger partial charge >= 0.3 is 0 Å². The van der Waals surface area contributed by atoms with E-state index in [2.05, 4.69) is 25.6 Å². The van der Waals surface area contributed by atoms with E-state index in [9.17, 15) is 13.9 Å². The number of rotatable bonds is 4. The SMILES string of the molecule is CC(C)(C)Nc1nc(C(F)F)cc2cnc(NC3CC(O)C3)nc12. The Balaban J connectivity index is 1.99. The quantitative estimate of drug-likeness (QED) is 0.795. The topological polar surface area (TPSA) is 83.0 Å². The number of aliphatic hydroxyl groups excluding tert-OH is 1. The molecule has 0 aliphatic heterocycles. The van der Waals surface area contributed by atoms with Gasteiger partial charge in [-0.2, -0.15) is 0 Å². The molecule has 1 fully saturated rings. The van der Waals surface area contributed by atoms with E-state index in [-0.39, 0.29) is 23.4 Å². The Hall–Kier alpha value is -2.09. The van der Waals surface area contributed by atoms with Crippen molar-refractivity contribution in [3.63, 3.8) is 0 Å². The van der Waals surface area contributed by atoms with Crippen molar-refractivity contribution in [1.82, 2.24) is 15.0 Å². The van der Waals surface area contributed by atoms with Crippen molar-refractivity contribution < 1.29 is 13.9 Å². The summed E-state index contributed by atoms with van der Waals surface area (Å²) in [6.07, 6.45) is -0.129. The van der Waals surface area contributed by atoms with Crippen molar-refractivity contribution in [2.24, 2.45) is 0 Å². The summed E-state index contributed by atoms with van der Waals surface area (Å²) < 4.78 is 26.2. The second kappa shape index (κ2) is 6.08. The van der Waals surface area contributed by atoms with Crippen LogP contribution >= 0.6 is 0 Å². The van der Waals surface area contributed by atoms with Gasteiger partial charge in [-0.15, -0.1) is 0 Å². The number of nitrogens with zero attached hydrogens (tertiary/aromatic N) is 3. The molecular weight excluding hydrogens is 316 g/mol. The normalized spacial score (nSPS) is 21.0. The largest absolute Gasteiger partial charge is 0.393 e. The number of anilines is 2. The highest BCUT2D eigenvalue weighted by Crippen LogP contribution is 2.29. The van der Waals surface area contributed by atoms with Gasteiger partial charge in [0, 0.05) is 23.2 Å². The van der Waals surface area contributed by atoms with Crippen LogP contribution in [-0.2, 0) is 0 Å². The maximum Gasteiger partial charge on any atom is 0.280 e. The van der Waals surface area contributed by atoms with Crippen molar-refractivity contribution in [3.05, 3.63) is 18.0 Å². The van der Waals surface area contributed by atoms with Crippen LogP contribution in [0.2, 0.25) is 0 Å². The molecule has 1 aliphatic carbocycles. The molecule has 0 saturated heterocycles. The summed E-state index contributed by atoms with van der Waals surface area (Å²) in [6, 6.07) is 1.44.